The maximum Gasteiger partial charge on any atom is 0.322 e. The highest BCUT2D eigenvalue weighted by Crippen LogP contribution is 2.27. The van der Waals surface area contributed by atoms with Crippen LogP contribution in [0.25, 0.3) is 0 Å². The number of aldehydes is 1. The minimum absolute atomic E-state index is 0.0315. The SMILES string of the molecule is O=CCCC(=O)N1CCC(N2Cc3ccccc3NC2=O)CC1. The molecule has 1 aromatic rings. The van der Waals surface area contributed by atoms with Crippen LogP contribution in [0.4, 0.5) is 10.5 Å². The van der Waals surface area contributed by atoms with Crippen LogP contribution in [0.15, 0.2) is 24.3 Å². The Labute approximate surface area is 135 Å². The van der Waals surface area contributed by atoms with Crippen LogP contribution in [-0.2, 0) is 16.1 Å². The number of carbonyl (C=O) groups excluding carboxylic acids is 3. The lowest BCUT2D eigenvalue weighted by molar-refractivity contribution is -0.133. The molecule has 0 unspecified atom stereocenters. The summed E-state index contributed by atoms with van der Waals surface area (Å²) in [6, 6.07) is 7.92. The molecule has 0 bridgehead atoms. The van der Waals surface area contributed by atoms with E-state index in [2.05, 4.69) is 5.32 Å². The van der Waals surface area contributed by atoms with Crippen molar-refractivity contribution in [2.24, 2.45) is 0 Å². The molecule has 23 heavy (non-hydrogen) atoms. The molecule has 0 saturated carbocycles. The third kappa shape index (κ3) is 3.36. The summed E-state index contributed by atoms with van der Waals surface area (Å²) in [4.78, 5) is 38.3. The summed E-state index contributed by atoms with van der Waals surface area (Å²) in [5.41, 5.74) is 2.01. The number of urea groups is 1. The van der Waals surface area contributed by atoms with Gasteiger partial charge in [-0.2, -0.15) is 0 Å². The molecule has 2 aliphatic heterocycles. The molecular weight excluding hydrogens is 294 g/mol. The normalized spacial score (nSPS) is 18.3. The van der Waals surface area contributed by atoms with E-state index in [-0.39, 0.29) is 30.8 Å². The molecule has 1 N–H and O–H groups in total. The molecule has 0 spiro atoms. The Balaban J connectivity index is 1.59. The van der Waals surface area contributed by atoms with Crippen LogP contribution in [0.5, 0.6) is 0 Å². The molecule has 0 radical (unpaired) electrons. The number of likely N-dealkylation sites (tertiary alicyclic amines) is 1. The number of benzene rings is 1. The van der Waals surface area contributed by atoms with Crippen molar-refractivity contribution in [2.45, 2.75) is 38.3 Å². The van der Waals surface area contributed by atoms with E-state index >= 15 is 0 Å². The molecule has 6 heteroatoms. The van der Waals surface area contributed by atoms with Gasteiger partial charge >= 0.3 is 6.03 Å². The predicted octanol–water partition coefficient (Wildman–Crippen LogP) is 2.00. The van der Waals surface area contributed by atoms with Crippen LogP contribution in [0, 0.1) is 0 Å². The van der Waals surface area contributed by atoms with Gasteiger partial charge in [-0.1, -0.05) is 18.2 Å². The number of amides is 3. The Morgan fingerprint density at radius 1 is 1.26 bits per heavy atom. The fourth-order valence-electron chi connectivity index (χ4n) is 3.28. The van der Waals surface area contributed by atoms with Gasteiger partial charge in [0.2, 0.25) is 5.91 Å². The van der Waals surface area contributed by atoms with E-state index in [1.165, 1.54) is 0 Å². The molecule has 2 heterocycles. The molecule has 3 amide bonds. The van der Waals surface area contributed by atoms with Crippen molar-refractivity contribution >= 4 is 23.9 Å². The van der Waals surface area contributed by atoms with E-state index < -0.39 is 0 Å². The van der Waals surface area contributed by atoms with Gasteiger partial charge in [-0.05, 0) is 24.5 Å². The average molecular weight is 315 g/mol. The maximum absolute atomic E-state index is 12.3. The second-order valence-corrected chi connectivity index (χ2v) is 6.03. The minimum atomic E-state index is -0.0607. The highest BCUT2D eigenvalue weighted by molar-refractivity contribution is 5.92. The first-order valence-corrected chi connectivity index (χ1v) is 8.06. The first-order chi connectivity index (χ1) is 11.2. The minimum Gasteiger partial charge on any atom is -0.343 e. The number of hydrogen-bond acceptors (Lipinski definition) is 3. The topological polar surface area (TPSA) is 69.7 Å². The Morgan fingerprint density at radius 3 is 2.74 bits per heavy atom. The summed E-state index contributed by atoms with van der Waals surface area (Å²) in [5.74, 6) is 0.0315. The molecule has 1 fully saturated rings. The standard InChI is InChI=1S/C17H21N3O3/c21-11-3-6-16(22)19-9-7-14(8-10-19)20-12-13-4-1-2-5-15(13)18-17(20)23/h1-2,4-5,11,14H,3,6-10,12H2,(H,18,23). The quantitative estimate of drug-likeness (QED) is 0.864. The molecule has 0 aromatic heterocycles. The van der Waals surface area contributed by atoms with Crippen molar-refractivity contribution in [2.75, 3.05) is 18.4 Å². The number of nitrogens with zero attached hydrogens (tertiary/aromatic N) is 2. The summed E-state index contributed by atoms with van der Waals surface area (Å²) < 4.78 is 0. The van der Waals surface area contributed by atoms with Gasteiger partial charge in [-0.25, -0.2) is 4.79 Å². The van der Waals surface area contributed by atoms with Gasteiger partial charge in [-0.15, -0.1) is 0 Å². The van der Waals surface area contributed by atoms with Crippen LogP contribution >= 0.6 is 0 Å². The first-order valence-electron chi connectivity index (χ1n) is 8.06. The highest BCUT2D eigenvalue weighted by atomic mass is 16.2. The number of carbonyl (C=O) groups is 3. The zero-order valence-corrected chi connectivity index (χ0v) is 13.0. The summed E-state index contributed by atoms with van der Waals surface area (Å²) >= 11 is 0. The number of piperidine rings is 1. The van der Waals surface area contributed by atoms with Crippen LogP contribution in [-0.4, -0.2) is 47.2 Å². The number of fused-ring (bicyclic) bond motifs is 1. The van der Waals surface area contributed by atoms with Crippen molar-refractivity contribution in [1.29, 1.82) is 0 Å². The van der Waals surface area contributed by atoms with Crippen LogP contribution in [0.2, 0.25) is 0 Å². The van der Waals surface area contributed by atoms with E-state index in [1.54, 1.807) is 4.90 Å². The number of nitrogens with one attached hydrogen (secondary N) is 1. The third-order valence-electron chi connectivity index (χ3n) is 4.59. The van der Waals surface area contributed by atoms with Gasteiger partial charge in [0.05, 0.1) is 0 Å². The summed E-state index contributed by atoms with van der Waals surface area (Å²) in [6.45, 7) is 1.91. The van der Waals surface area contributed by atoms with Crippen LogP contribution in [0.1, 0.15) is 31.2 Å². The molecule has 6 nitrogen and oxygen atoms in total. The zero-order chi connectivity index (χ0) is 16.2. The number of para-hydroxylation sites is 1. The Bertz CT molecular complexity index is 609. The van der Waals surface area contributed by atoms with Gasteiger partial charge in [0, 0.05) is 44.2 Å². The molecule has 3 rings (SSSR count). The highest BCUT2D eigenvalue weighted by Gasteiger charge is 2.32. The largest absolute Gasteiger partial charge is 0.343 e. The smallest absolute Gasteiger partial charge is 0.322 e. The Morgan fingerprint density at radius 2 is 2.00 bits per heavy atom. The lowest BCUT2D eigenvalue weighted by Gasteiger charge is -2.40. The molecule has 1 aromatic carbocycles. The Hall–Kier alpha value is -2.37. The second-order valence-electron chi connectivity index (χ2n) is 6.03. The Kier molecular flexibility index (Phi) is 4.60. The molecule has 122 valence electrons. The number of hydrogen-bond donors (Lipinski definition) is 1. The van der Waals surface area contributed by atoms with E-state index in [4.69, 9.17) is 0 Å². The number of rotatable bonds is 4. The van der Waals surface area contributed by atoms with Gasteiger partial charge < -0.3 is 19.9 Å². The van der Waals surface area contributed by atoms with Gasteiger partial charge in [0.25, 0.3) is 0 Å². The van der Waals surface area contributed by atoms with Crippen molar-refractivity contribution in [3.63, 3.8) is 0 Å². The van der Waals surface area contributed by atoms with Gasteiger partial charge in [0.1, 0.15) is 6.29 Å². The van der Waals surface area contributed by atoms with Gasteiger partial charge in [0.15, 0.2) is 0 Å². The van der Waals surface area contributed by atoms with Gasteiger partial charge in [-0.3, -0.25) is 4.79 Å². The monoisotopic (exact) mass is 315 g/mol. The van der Waals surface area contributed by atoms with E-state index in [0.29, 0.717) is 19.6 Å². The molecular formula is C17H21N3O3. The summed E-state index contributed by atoms with van der Waals surface area (Å²) in [7, 11) is 0. The van der Waals surface area contributed by atoms with E-state index in [0.717, 1.165) is 30.4 Å². The second kappa shape index (κ2) is 6.81. The van der Waals surface area contributed by atoms with Crippen molar-refractivity contribution in [3.8, 4) is 0 Å². The van der Waals surface area contributed by atoms with Crippen molar-refractivity contribution in [1.82, 2.24) is 9.80 Å². The van der Waals surface area contributed by atoms with Crippen LogP contribution in [0.3, 0.4) is 0 Å². The molecule has 1 saturated heterocycles. The molecule has 2 aliphatic rings. The molecule has 0 aliphatic carbocycles. The van der Waals surface area contributed by atoms with Crippen molar-refractivity contribution in [3.05, 3.63) is 29.8 Å². The number of anilines is 1. The molecule has 0 atom stereocenters. The average Bonchev–Trinajstić information content (AvgIpc) is 2.59. The lowest BCUT2D eigenvalue weighted by Crippen LogP contribution is -2.51. The van der Waals surface area contributed by atoms with Crippen molar-refractivity contribution < 1.29 is 14.4 Å². The summed E-state index contributed by atoms with van der Waals surface area (Å²) in [5, 5.41) is 2.94. The third-order valence-corrected chi connectivity index (χ3v) is 4.59. The van der Waals surface area contributed by atoms with Crippen LogP contribution < -0.4 is 5.32 Å². The summed E-state index contributed by atoms with van der Waals surface area (Å²) in [6.07, 6.45) is 2.90. The van der Waals surface area contributed by atoms with E-state index in [9.17, 15) is 14.4 Å². The lowest BCUT2D eigenvalue weighted by atomic mass is 10.0. The zero-order valence-electron chi connectivity index (χ0n) is 13.0. The fourth-order valence-corrected chi connectivity index (χ4v) is 3.28. The maximum atomic E-state index is 12.3. The first kappa shape index (κ1) is 15.5. The van der Waals surface area contributed by atoms with E-state index in [1.807, 2.05) is 29.2 Å². The predicted molar refractivity (Wildman–Crippen MR) is 85.9 cm³/mol. The fraction of sp³-hybridized carbons (Fsp3) is 0.471.